The first-order valence-corrected chi connectivity index (χ1v) is 5.80. The topological polar surface area (TPSA) is 55.6 Å². The predicted molar refractivity (Wildman–Crippen MR) is 67.0 cm³/mol. The second-order valence-electron chi connectivity index (χ2n) is 3.68. The van der Waals surface area contributed by atoms with Gasteiger partial charge in [0.1, 0.15) is 17.3 Å². The maximum absolute atomic E-state index is 6.00. The van der Waals surface area contributed by atoms with Gasteiger partial charge < -0.3 is 5.32 Å². The van der Waals surface area contributed by atoms with Crippen molar-refractivity contribution in [3.63, 3.8) is 0 Å². The highest BCUT2D eigenvalue weighted by molar-refractivity contribution is 6.30. The van der Waals surface area contributed by atoms with Crippen molar-refractivity contribution in [2.75, 3.05) is 5.32 Å². The summed E-state index contributed by atoms with van der Waals surface area (Å²) in [5, 5.41) is 8.01. The molecule has 0 bridgehead atoms. The fraction of sp³-hybridized carbons (Fsp3) is 0.364. The first-order chi connectivity index (χ1) is 8.20. The third-order valence-electron chi connectivity index (χ3n) is 2.45. The number of hydrogen-bond acceptors (Lipinski definition) is 4. The molecule has 0 aliphatic heterocycles. The lowest BCUT2D eigenvalue weighted by atomic mass is 10.2. The number of nitrogens with zero attached hydrogens (tertiary/aromatic N) is 4. The van der Waals surface area contributed by atoms with Crippen LogP contribution in [0, 0.1) is 0 Å². The summed E-state index contributed by atoms with van der Waals surface area (Å²) in [6.45, 7) is 2.65. The molecule has 0 spiro atoms. The SMILES string of the molecule is CCc1c(Cl)ncnc1NCc1ccn(C)n1. The molecule has 0 saturated heterocycles. The summed E-state index contributed by atoms with van der Waals surface area (Å²) in [6, 6.07) is 1.96. The monoisotopic (exact) mass is 251 g/mol. The number of rotatable bonds is 4. The van der Waals surface area contributed by atoms with Crippen LogP contribution in [0.3, 0.4) is 0 Å². The maximum atomic E-state index is 6.00. The fourth-order valence-corrected chi connectivity index (χ4v) is 1.86. The minimum atomic E-state index is 0.506. The van der Waals surface area contributed by atoms with Crippen LogP contribution in [0.5, 0.6) is 0 Å². The molecule has 0 aromatic carbocycles. The van der Waals surface area contributed by atoms with E-state index in [1.165, 1.54) is 6.33 Å². The van der Waals surface area contributed by atoms with Crippen LogP contribution in [0.2, 0.25) is 5.15 Å². The predicted octanol–water partition coefficient (Wildman–Crippen LogP) is 2.04. The maximum Gasteiger partial charge on any atom is 0.137 e. The molecule has 0 amide bonds. The molecule has 2 aromatic rings. The zero-order chi connectivity index (χ0) is 12.3. The van der Waals surface area contributed by atoms with Crippen molar-refractivity contribution >= 4 is 17.4 Å². The standard InChI is InChI=1S/C11H14ClN5/c1-3-9-10(12)14-7-15-11(9)13-6-8-4-5-17(2)16-8/h4-5,7H,3,6H2,1-2H3,(H,13,14,15). The van der Waals surface area contributed by atoms with Gasteiger partial charge in [0, 0.05) is 18.8 Å². The number of nitrogens with one attached hydrogen (secondary N) is 1. The van der Waals surface area contributed by atoms with Crippen LogP contribution in [0.4, 0.5) is 5.82 Å². The van der Waals surface area contributed by atoms with Gasteiger partial charge in [-0.2, -0.15) is 5.10 Å². The fourth-order valence-electron chi connectivity index (χ4n) is 1.59. The molecular weight excluding hydrogens is 238 g/mol. The molecule has 0 aliphatic carbocycles. The summed E-state index contributed by atoms with van der Waals surface area (Å²) in [7, 11) is 1.89. The molecule has 0 unspecified atom stereocenters. The quantitative estimate of drug-likeness (QED) is 0.845. The van der Waals surface area contributed by atoms with E-state index in [-0.39, 0.29) is 0 Å². The molecule has 6 heteroatoms. The third kappa shape index (κ3) is 2.74. The molecule has 0 saturated carbocycles. The van der Waals surface area contributed by atoms with E-state index in [4.69, 9.17) is 11.6 Å². The lowest BCUT2D eigenvalue weighted by Crippen LogP contribution is -2.06. The lowest BCUT2D eigenvalue weighted by Gasteiger charge is -2.09. The van der Waals surface area contributed by atoms with E-state index in [2.05, 4.69) is 20.4 Å². The Hall–Kier alpha value is -1.62. The van der Waals surface area contributed by atoms with E-state index in [1.807, 2.05) is 26.2 Å². The summed E-state index contributed by atoms with van der Waals surface area (Å²) < 4.78 is 1.77. The third-order valence-corrected chi connectivity index (χ3v) is 2.78. The van der Waals surface area contributed by atoms with Crippen molar-refractivity contribution in [1.29, 1.82) is 0 Å². The number of hydrogen-bond donors (Lipinski definition) is 1. The molecule has 90 valence electrons. The van der Waals surface area contributed by atoms with Crippen molar-refractivity contribution in [1.82, 2.24) is 19.7 Å². The van der Waals surface area contributed by atoms with Crippen molar-refractivity contribution in [2.24, 2.45) is 7.05 Å². The number of anilines is 1. The van der Waals surface area contributed by atoms with Crippen LogP contribution in [-0.4, -0.2) is 19.7 Å². The van der Waals surface area contributed by atoms with E-state index >= 15 is 0 Å². The average Bonchev–Trinajstić information content (AvgIpc) is 2.72. The zero-order valence-electron chi connectivity index (χ0n) is 9.81. The average molecular weight is 252 g/mol. The molecule has 0 atom stereocenters. The van der Waals surface area contributed by atoms with Gasteiger partial charge in [0.15, 0.2) is 0 Å². The highest BCUT2D eigenvalue weighted by Crippen LogP contribution is 2.20. The van der Waals surface area contributed by atoms with Crippen molar-refractivity contribution in [3.05, 3.63) is 35.0 Å². The second-order valence-corrected chi connectivity index (χ2v) is 4.04. The first-order valence-electron chi connectivity index (χ1n) is 5.42. The minimum absolute atomic E-state index is 0.506. The number of halogens is 1. The Morgan fingerprint density at radius 1 is 1.41 bits per heavy atom. The Labute approximate surface area is 105 Å². The van der Waals surface area contributed by atoms with Gasteiger partial charge in [-0.3, -0.25) is 4.68 Å². The molecule has 2 rings (SSSR count). The Balaban J connectivity index is 2.11. The molecule has 5 nitrogen and oxygen atoms in total. The summed E-state index contributed by atoms with van der Waals surface area (Å²) in [5.41, 5.74) is 1.90. The van der Waals surface area contributed by atoms with E-state index in [0.29, 0.717) is 11.7 Å². The molecule has 0 aliphatic rings. The van der Waals surface area contributed by atoms with Crippen LogP contribution in [0.15, 0.2) is 18.6 Å². The van der Waals surface area contributed by atoms with Gasteiger partial charge in [0.25, 0.3) is 0 Å². The summed E-state index contributed by atoms with van der Waals surface area (Å²) in [6.07, 6.45) is 4.16. The minimum Gasteiger partial charge on any atom is -0.364 e. The van der Waals surface area contributed by atoms with E-state index in [1.54, 1.807) is 4.68 Å². The zero-order valence-corrected chi connectivity index (χ0v) is 10.6. The Morgan fingerprint density at radius 3 is 2.88 bits per heavy atom. The second kappa shape index (κ2) is 5.14. The van der Waals surface area contributed by atoms with Gasteiger partial charge in [0.2, 0.25) is 0 Å². The molecular formula is C11H14ClN5. The van der Waals surface area contributed by atoms with E-state index in [9.17, 15) is 0 Å². The van der Waals surface area contributed by atoms with Gasteiger partial charge >= 0.3 is 0 Å². The normalized spacial score (nSPS) is 10.5. The van der Waals surface area contributed by atoms with Gasteiger partial charge in [-0.25, -0.2) is 9.97 Å². The van der Waals surface area contributed by atoms with Crippen LogP contribution in [-0.2, 0) is 20.0 Å². The van der Waals surface area contributed by atoms with E-state index in [0.717, 1.165) is 23.5 Å². The van der Waals surface area contributed by atoms with Crippen LogP contribution in [0.25, 0.3) is 0 Å². The van der Waals surface area contributed by atoms with Crippen LogP contribution >= 0.6 is 11.6 Å². The van der Waals surface area contributed by atoms with Gasteiger partial charge in [-0.1, -0.05) is 18.5 Å². The van der Waals surface area contributed by atoms with Crippen molar-refractivity contribution in [2.45, 2.75) is 19.9 Å². The highest BCUT2D eigenvalue weighted by Gasteiger charge is 2.07. The molecule has 0 radical (unpaired) electrons. The molecule has 2 aromatic heterocycles. The first kappa shape index (κ1) is 11.9. The molecule has 17 heavy (non-hydrogen) atoms. The highest BCUT2D eigenvalue weighted by atomic mass is 35.5. The van der Waals surface area contributed by atoms with Crippen LogP contribution < -0.4 is 5.32 Å². The number of aromatic nitrogens is 4. The molecule has 2 heterocycles. The van der Waals surface area contributed by atoms with Gasteiger partial charge in [0.05, 0.1) is 12.2 Å². The van der Waals surface area contributed by atoms with Gasteiger partial charge in [-0.05, 0) is 12.5 Å². The summed E-state index contributed by atoms with van der Waals surface area (Å²) >= 11 is 6.00. The summed E-state index contributed by atoms with van der Waals surface area (Å²) in [4.78, 5) is 8.16. The Morgan fingerprint density at radius 2 is 2.24 bits per heavy atom. The largest absolute Gasteiger partial charge is 0.364 e. The Bertz CT molecular complexity index is 508. The number of aryl methyl sites for hydroxylation is 1. The van der Waals surface area contributed by atoms with Gasteiger partial charge in [-0.15, -0.1) is 0 Å². The molecule has 0 fully saturated rings. The van der Waals surface area contributed by atoms with Crippen LogP contribution in [0.1, 0.15) is 18.2 Å². The molecule has 1 N–H and O–H groups in total. The van der Waals surface area contributed by atoms with Crippen molar-refractivity contribution < 1.29 is 0 Å². The Kier molecular flexibility index (Phi) is 3.58. The summed E-state index contributed by atoms with van der Waals surface area (Å²) in [5.74, 6) is 0.776. The smallest absolute Gasteiger partial charge is 0.137 e. The lowest BCUT2D eigenvalue weighted by molar-refractivity contribution is 0.746. The van der Waals surface area contributed by atoms with E-state index < -0.39 is 0 Å². The van der Waals surface area contributed by atoms with Crippen molar-refractivity contribution in [3.8, 4) is 0 Å².